The van der Waals surface area contributed by atoms with Gasteiger partial charge in [0.2, 0.25) is 15.9 Å². The molecule has 1 aromatic heterocycles. The predicted molar refractivity (Wildman–Crippen MR) is 116 cm³/mol. The van der Waals surface area contributed by atoms with Gasteiger partial charge in [0.1, 0.15) is 0 Å². The summed E-state index contributed by atoms with van der Waals surface area (Å²) >= 11 is 6.98. The Hall–Kier alpha value is -2.99. The summed E-state index contributed by atoms with van der Waals surface area (Å²) in [5.41, 5.74) is 1.46. The Labute approximate surface area is 181 Å². The summed E-state index contributed by atoms with van der Waals surface area (Å²) in [6, 6.07) is 11.6. The molecule has 0 aliphatic rings. The minimum absolute atomic E-state index is 0.0199. The van der Waals surface area contributed by atoms with E-state index < -0.39 is 16.1 Å². The number of urea groups is 1. The highest BCUT2D eigenvalue weighted by Gasteiger charge is 2.12. The van der Waals surface area contributed by atoms with Crippen LogP contribution in [0.4, 0.5) is 21.3 Å². The van der Waals surface area contributed by atoms with E-state index in [2.05, 4.69) is 20.9 Å². The average molecular weight is 466 g/mol. The number of carbonyl (C=O) groups is 2. The van der Waals surface area contributed by atoms with Crippen molar-refractivity contribution in [2.24, 2.45) is 5.14 Å². The Balaban J connectivity index is 1.52. The van der Waals surface area contributed by atoms with Crippen LogP contribution in [0, 0.1) is 0 Å². The second-order valence-electron chi connectivity index (χ2n) is 6.02. The highest BCUT2D eigenvalue weighted by molar-refractivity contribution is 7.89. The van der Waals surface area contributed by atoms with Gasteiger partial charge < -0.3 is 10.6 Å². The molecule has 1 heterocycles. The number of hydrogen-bond acceptors (Lipinski definition) is 6. The van der Waals surface area contributed by atoms with Crippen LogP contribution in [-0.4, -0.2) is 25.3 Å². The number of aromatic nitrogens is 1. The molecule has 3 aromatic rings. The number of nitrogens with zero attached hydrogens (tertiary/aromatic N) is 1. The summed E-state index contributed by atoms with van der Waals surface area (Å²) in [7, 11) is -3.79. The highest BCUT2D eigenvalue weighted by atomic mass is 35.5. The van der Waals surface area contributed by atoms with Crippen molar-refractivity contribution in [2.75, 3.05) is 16.0 Å². The molecule has 0 saturated heterocycles. The minimum Gasteiger partial charge on any atom is -0.326 e. The average Bonchev–Trinajstić information content (AvgIpc) is 3.09. The summed E-state index contributed by atoms with van der Waals surface area (Å²) in [4.78, 5) is 28.3. The van der Waals surface area contributed by atoms with Crippen LogP contribution in [0.1, 0.15) is 5.69 Å². The van der Waals surface area contributed by atoms with Gasteiger partial charge in [0.25, 0.3) is 0 Å². The molecule has 0 unspecified atom stereocenters. The van der Waals surface area contributed by atoms with E-state index in [0.717, 1.165) is 0 Å². The number of benzene rings is 2. The van der Waals surface area contributed by atoms with Crippen molar-refractivity contribution in [1.29, 1.82) is 0 Å². The van der Waals surface area contributed by atoms with E-state index >= 15 is 0 Å². The van der Waals surface area contributed by atoms with E-state index in [-0.39, 0.29) is 17.2 Å². The van der Waals surface area contributed by atoms with Crippen LogP contribution in [0.2, 0.25) is 5.02 Å². The maximum atomic E-state index is 12.2. The number of hydrogen-bond donors (Lipinski definition) is 4. The first-order valence-corrected chi connectivity index (χ1v) is 11.2. The van der Waals surface area contributed by atoms with Crippen molar-refractivity contribution in [1.82, 2.24) is 4.98 Å². The number of amides is 3. The zero-order chi connectivity index (χ0) is 21.7. The predicted octanol–water partition coefficient (Wildman–Crippen LogP) is 3.27. The van der Waals surface area contributed by atoms with E-state index in [1.54, 1.807) is 29.6 Å². The lowest BCUT2D eigenvalue weighted by Crippen LogP contribution is -2.19. The van der Waals surface area contributed by atoms with E-state index in [1.807, 2.05) is 0 Å². The van der Waals surface area contributed by atoms with Gasteiger partial charge in [-0.3, -0.25) is 10.1 Å². The number of thiazole rings is 1. The van der Waals surface area contributed by atoms with Gasteiger partial charge in [0, 0.05) is 21.8 Å². The van der Waals surface area contributed by atoms with Crippen molar-refractivity contribution in [3.63, 3.8) is 0 Å². The fourth-order valence-corrected chi connectivity index (χ4v) is 3.68. The second-order valence-corrected chi connectivity index (χ2v) is 8.88. The number of nitrogens with two attached hydrogens (primary N) is 1. The SMILES string of the molecule is NS(=O)(=O)c1ccc(NC(=O)Cc2csc(NC(=O)Nc3ccc(Cl)cc3)n2)cc1. The number of primary sulfonamides is 1. The molecule has 0 saturated carbocycles. The van der Waals surface area contributed by atoms with Gasteiger partial charge in [-0.25, -0.2) is 23.3 Å². The number of anilines is 3. The Kier molecular flexibility index (Phi) is 6.67. The molecule has 12 heteroatoms. The molecule has 5 N–H and O–H groups in total. The van der Waals surface area contributed by atoms with Gasteiger partial charge in [-0.15, -0.1) is 11.3 Å². The molecule has 0 aliphatic carbocycles. The van der Waals surface area contributed by atoms with Crippen LogP contribution in [0.25, 0.3) is 0 Å². The molecular formula is C18H16ClN5O4S2. The molecule has 2 aromatic carbocycles. The number of nitrogens with one attached hydrogen (secondary N) is 3. The van der Waals surface area contributed by atoms with Gasteiger partial charge in [-0.05, 0) is 48.5 Å². The lowest BCUT2D eigenvalue weighted by Gasteiger charge is -2.06. The van der Waals surface area contributed by atoms with E-state index in [0.29, 0.717) is 27.2 Å². The molecule has 0 aliphatic heterocycles. The molecule has 0 bridgehead atoms. The van der Waals surface area contributed by atoms with Crippen molar-refractivity contribution in [2.45, 2.75) is 11.3 Å². The number of rotatable bonds is 6. The summed E-state index contributed by atoms with van der Waals surface area (Å²) in [6.45, 7) is 0. The first-order valence-electron chi connectivity index (χ1n) is 8.40. The van der Waals surface area contributed by atoms with E-state index in [4.69, 9.17) is 16.7 Å². The molecule has 9 nitrogen and oxygen atoms in total. The fraction of sp³-hybridized carbons (Fsp3) is 0.0556. The molecule has 3 rings (SSSR count). The second kappa shape index (κ2) is 9.22. The first-order chi connectivity index (χ1) is 14.2. The van der Waals surface area contributed by atoms with Gasteiger partial charge >= 0.3 is 6.03 Å². The number of sulfonamides is 1. The van der Waals surface area contributed by atoms with Gasteiger partial charge in [0.15, 0.2) is 5.13 Å². The van der Waals surface area contributed by atoms with Crippen molar-refractivity contribution in [3.8, 4) is 0 Å². The maximum Gasteiger partial charge on any atom is 0.325 e. The smallest absolute Gasteiger partial charge is 0.325 e. The lowest BCUT2D eigenvalue weighted by molar-refractivity contribution is -0.115. The zero-order valence-corrected chi connectivity index (χ0v) is 17.6. The number of carbonyl (C=O) groups excluding carboxylic acids is 2. The Morgan fingerprint density at radius 2 is 1.57 bits per heavy atom. The Morgan fingerprint density at radius 1 is 0.967 bits per heavy atom. The molecule has 156 valence electrons. The Bertz CT molecular complexity index is 1160. The molecule has 3 amide bonds. The van der Waals surface area contributed by atoms with Crippen molar-refractivity contribution < 1.29 is 18.0 Å². The van der Waals surface area contributed by atoms with Crippen molar-refractivity contribution in [3.05, 3.63) is 64.6 Å². The van der Waals surface area contributed by atoms with Crippen LogP contribution in [0.15, 0.2) is 58.8 Å². The zero-order valence-electron chi connectivity index (χ0n) is 15.3. The normalized spacial score (nSPS) is 11.0. The third-order valence-corrected chi connectivity index (χ3v) is 5.67. The quantitative estimate of drug-likeness (QED) is 0.441. The molecule has 0 fully saturated rings. The van der Waals surface area contributed by atoms with E-state index in [9.17, 15) is 18.0 Å². The highest BCUT2D eigenvalue weighted by Crippen LogP contribution is 2.18. The molecule has 0 spiro atoms. The molecule has 30 heavy (non-hydrogen) atoms. The van der Waals surface area contributed by atoms with Crippen LogP contribution in [0.3, 0.4) is 0 Å². The monoisotopic (exact) mass is 465 g/mol. The number of halogens is 1. The lowest BCUT2D eigenvalue weighted by atomic mass is 10.3. The van der Waals surface area contributed by atoms with Gasteiger partial charge in [-0.2, -0.15) is 0 Å². The van der Waals surface area contributed by atoms with Crippen LogP contribution < -0.4 is 21.1 Å². The molecule has 0 radical (unpaired) electrons. The topological polar surface area (TPSA) is 143 Å². The largest absolute Gasteiger partial charge is 0.326 e. The van der Waals surface area contributed by atoms with Gasteiger partial charge in [0.05, 0.1) is 17.0 Å². The summed E-state index contributed by atoms with van der Waals surface area (Å²) in [5.74, 6) is -0.346. The summed E-state index contributed by atoms with van der Waals surface area (Å²) < 4.78 is 22.5. The van der Waals surface area contributed by atoms with Gasteiger partial charge in [-0.1, -0.05) is 11.6 Å². The third-order valence-electron chi connectivity index (χ3n) is 3.68. The standard InChI is InChI=1S/C18H16ClN5O4S2/c19-11-1-3-13(4-2-11)22-17(26)24-18-23-14(10-29-18)9-16(25)21-12-5-7-15(8-6-12)30(20,27)28/h1-8,10H,9H2,(H,21,25)(H2,20,27,28)(H2,22,23,24,26). The molecular weight excluding hydrogens is 450 g/mol. The van der Waals surface area contributed by atoms with Crippen LogP contribution in [-0.2, 0) is 21.2 Å². The Morgan fingerprint density at radius 3 is 2.20 bits per heavy atom. The van der Waals surface area contributed by atoms with E-state index in [1.165, 1.54) is 35.6 Å². The third kappa shape index (κ3) is 6.26. The maximum absolute atomic E-state index is 12.2. The van der Waals surface area contributed by atoms with Crippen LogP contribution >= 0.6 is 22.9 Å². The minimum atomic E-state index is -3.79. The summed E-state index contributed by atoms with van der Waals surface area (Å²) in [5, 5.41) is 15.5. The summed E-state index contributed by atoms with van der Waals surface area (Å²) in [6.07, 6.45) is -0.0199. The first kappa shape index (κ1) is 21.7. The van der Waals surface area contributed by atoms with Crippen LogP contribution in [0.5, 0.6) is 0 Å². The molecule has 0 atom stereocenters. The fourth-order valence-electron chi connectivity index (χ4n) is 2.34. The van der Waals surface area contributed by atoms with Crippen molar-refractivity contribution >= 4 is 61.4 Å².